The van der Waals surface area contributed by atoms with Gasteiger partial charge in [0.05, 0.1) is 35.3 Å². The Labute approximate surface area is 279 Å². The summed E-state index contributed by atoms with van der Waals surface area (Å²) < 4.78 is 67.0. The molecule has 4 aromatic rings. The molecule has 0 unspecified atom stereocenters. The summed E-state index contributed by atoms with van der Waals surface area (Å²) in [5.41, 5.74) is 2.46. The topological polar surface area (TPSA) is 98.7 Å². The highest BCUT2D eigenvalue weighted by Crippen LogP contribution is 2.38. The van der Waals surface area contributed by atoms with E-state index < -0.39 is 39.8 Å². The molecule has 5 rings (SSSR count). The third-order valence-corrected chi connectivity index (χ3v) is 9.69. The van der Waals surface area contributed by atoms with Crippen molar-refractivity contribution in [3.8, 4) is 0 Å². The molecule has 1 saturated carbocycles. The maximum atomic E-state index is 14.0. The molecule has 48 heavy (non-hydrogen) atoms. The van der Waals surface area contributed by atoms with Gasteiger partial charge in [-0.2, -0.15) is 13.2 Å². The number of nitrogens with one attached hydrogen (secondary N) is 2. The maximum Gasteiger partial charge on any atom is 0.416 e. The molecule has 11 heteroatoms. The van der Waals surface area contributed by atoms with E-state index in [-0.39, 0.29) is 31.0 Å². The Balaban J connectivity index is 1.41. The largest absolute Gasteiger partial charge is 0.416 e. The summed E-state index contributed by atoms with van der Waals surface area (Å²) in [7, 11) is -3.78. The van der Waals surface area contributed by atoms with Crippen LogP contribution in [0.4, 0.5) is 24.5 Å². The Bertz CT molecular complexity index is 1780. The predicted octanol–water partition coefficient (Wildman–Crippen LogP) is 6.95. The standard InChI is InChI=1S/C37H40F3N3O4S/c1-48(46,47)43(32-17-6-3-7-18-32)33-22-29(28-14-8-9-15-28)21-30(23-33)36(45)42-34(20-26-11-4-2-5-12-26)35(44)25-41-24-27-13-10-16-31(19-27)37(38,39)40/h2-7,10-13,16-19,21-23,28,34-35,41,44H,8-9,14-15,20,24-25H2,1H3,(H,42,45)/t34-,35+/m0/s1. The number of aliphatic hydroxyl groups is 1. The normalized spacial score (nSPS) is 15.2. The summed E-state index contributed by atoms with van der Waals surface area (Å²) in [6, 6.07) is 27.4. The minimum Gasteiger partial charge on any atom is -0.390 e. The van der Waals surface area contributed by atoms with Crippen LogP contribution in [0.2, 0.25) is 0 Å². The molecule has 1 amide bonds. The number of carbonyl (C=O) groups is 1. The Morgan fingerprint density at radius 2 is 1.52 bits per heavy atom. The lowest BCUT2D eigenvalue weighted by molar-refractivity contribution is -0.137. The number of hydrogen-bond acceptors (Lipinski definition) is 5. The summed E-state index contributed by atoms with van der Waals surface area (Å²) in [6.45, 7) is 0.0812. The van der Waals surface area contributed by atoms with Gasteiger partial charge in [0.1, 0.15) is 0 Å². The van der Waals surface area contributed by atoms with Gasteiger partial charge in [0.25, 0.3) is 5.91 Å². The van der Waals surface area contributed by atoms with Crippen molar-refractivity contribution in [1.82, 2.24) is 10.6 Å². The summed E-state index contributed by atoms with van der Waals surface area (Å²) in [5.74, 6) is -0.296. The summed E-state index contributed by atoms with van der Waals surface area (Å²) in [5, 5.41) is 17.3. The third-order valence-electron chi connectivity index (χ3n) is 8.60. The first-order valence-corrected chi connectivity index (χ1v) is 17.8. The number of rotatable bonds is 13. The molecule has 1 aliphatic rings. The lowest BCUT2D eigenvalue weighted by Gasteiger charge is -2.27. The Morgan fingerprint density at radius 1 is 0.875 bits per heavy atom. The minimum atomic E-state index is -4.46. The molecule has 3 N–H and O–H groups in total. The monoisotopic (exact) mass is 679 g/mol. The summed E-state index contributed by atoms with van der Waals surface area (Å²) >= 11 is 0. The minimum absolute atomic E-state index is 0.00273. The van der Waals surface area contributed by atoms with Crippen LogP contribution >= 0.6 is 0 Å². The Hall–Kier alpha value is -4.19. The van der Waals surface area contributed by atoms with E-state index in [4.69, 9.17) is 0 Å². The van der Waals surface area contributed by atoms with Crippen molar-refractivity contribution in [1.29, 1.82) is 0 Å². The van der Waals surface area contributed by atoms with Crippen LogP contribution in [-0.4, -0.2) is 44.4 Å². The Morgan fingerprint density at radius 3 is 2.17 bits per heavy atom. The van der Waals surface area contributed by atoms with E-state index in [0.717, 1.165) is 55.2 Å². The van der Waals surface area contributed by atoms with E-state index >= 15 is 0 Å². The second kappa shape index (κ2) is 15.4. The van der Waals surface area contributed by atoms with Crippen molar-refractivity contribution >= 4 is 27.3 Å². The van der Waals surface area contributed by atoms with Gasteiger partial charge in [-0.1, -0.05) is 79.6 Å². The molecule has 0 radical (unpaired) electrons. The van der Waals surface area contributed by atoms with Gasteiger partial charge < -0.3 is 15.7 Å². The number of amides is 1. The SMILES string of the molecule is CS(=O)(=O)N(c1ccccc1)c1cc(C(=O)N[C@@H](Cc2ccccc2)[C@H](O)CNCc2cccc(C(F)(F)F)c2)cc(C2CCCC2)c1. The van der Waals surface area contributed by atoms with Crippen LogP contribution in [0.3, 0.4) is 0 Å². The molecule has 0 spiro atoms. The number of aliphatic hydroxyl groups excluding tert-OH is 1. The molecule has 7 nitrogen and oxygen atoms in total. The van der Waals surface area contributed by atoms with Crippen LogP contribution in [0.5, 0.6) is 0 Å². The lowest BCUT2D eigenvalue weighted by Crippen LogP contribution is -2.48. The zero-order valence-electron chi connectivity index (χ0n) is 26.7. The first-order chi connectivity index (χ1) is 22.9. The molecular weight excluding hydrogens is 639 g/mol. The summed E-state index contributed by atoms with van der Waals surface area (Å²) in [6.07, 6.45) is -0.200. The Kier molecular flexibility index (Phi) is 11.2. The number of alkyl halides is 3. The molecule has 0 bridgehead atoms. The fourth-order valence-electron chi connectivity index (χ4n) is 6.24. The highest BCUT2D eigenvalue weighted by Gasteiger charge is 2.31. The predicted molar refractivity (Wildman–Crippen MR) is 182 cm³/mol. The number of anilines is 2. The number of halogens is 3. The molecule has 0 heterocycles. The van der Waals surface area contributed by atoms with E-state index in [1.54, 1.807) is 48.5 Å². The molecule has 0 aromatic heterocycles. The molecular formula is C37H40F3N3O4S. The molecule has 1 fully saturated rings. The van der Waals surface area contributed by atoms with E-state index in [0.29, 0.717) is 16.9 Å². The van der Waals surface area contributed by atoms with Crippen LogP contribution < -0.4 is 14.9 Å². The van der Waals surface area contributed by atoms with Gasteiger partial charge in [-0.3, -0.25) is 4.79 Å². The van der Waals surface area contributed by atoms with Gasteiger partial charge >= 0.3 is 6.18 Å². The zero-order valence-corrected chi connectivity index (χ0v) is 27.5. The van der Waals surface area contributed by atoms with E-state index in [1.807, 2.05) is 36.4 Å². The average Bonchev–Trinajstić information content (AvgIpc) is 3.60. The molecule has 1 aliphatic carbocycles. The second-order valence-corrected chi connectivity index (χ2v) is 14.2. The van der Waals surface area contributed by atoms with Crippen LogP contribution in [-0.2, 0) is 29.2 Å². The number of benzene rings is 4. The average molecular weight is 680 g/mol. The van der Waals surface area contributed by atoms with Crippen molar-refractivity contribution in [2.24, 2.45) is 0 Å². The van der Waals surface area contributed by atoms with Gasteiger partial charge in [-0.05, 0) is 78.3 Å². The molecule has 2 atom stereocenters. The number of hydrogen-bond donors (Lipinski definition) is 3. The fourth-order valence-corrected chi connectivity index (χ4v) is 7.23. The summed E-state index contributed by atoms with van der Waals surface area (Å²) in [4.78, 5) is 14.0. The van der Waals surface area contributed by atoms with Crippen LogP contribution in [0, 0.1) is 0 Å². The van der Waals surface area contributed by atoms with E-state index in [2.05, 4.69) is 10.6 Å². The van der Waals surface area contributed by atoms with Crippen molar-refractivity contribution in [2.45, 2.75) is 62.9 Å². The first-order valence-electron chi connectivity index (χ1n) is 16.0. The molecule has 4 aromatic carbocycles. The van der Waals surface area contributed by atoms with E-state index in [9.17, 15) is 31.5 Å². The molecule has 254 valence electrons. The number of para-hydroxylation sites is 1. The first kappa shape index (κ1) is 35.1. The number of nitrogens with zero attached hydrogens (tertiary/aromatic N) is 1. The van der Waals surface area contributed by atoms with Gasteiger partial charge in [-0.15, -0.1) is 0 Å². The quantitative estimate of drug-likeness (QED) is 0.142. The van der Waals surface area contributed by atoms with Gasteiger partial charge in [-0.25, -0.2) is 12.7 Å². The van der Waals surface area contributed by atoms with Gasteiger partial charge in [0.15, 0.2) is 0 Å². The smallest absolute Gasteiger partial charge is 0.390 e. The second-order valence-electron chi connectivity index (χ2n) is 12.3. The van der Waals surface area contributed by atoms with Crippen molar-refractivity contribution < 1.29 is 31.5 Å². The van der Waals surface area contributed by atoms with Crippen molar-refractivity contribution in [3.63, 3.8) is 0 Å². The number of carbonyl (C=O) groups excluding carboxylic acids is 1. The van der Waals surface area contributed by atoms with Gasteiger partial charge in [0, 0.05) is 18.7 Å². The van der Waals surface area contributed by atoms with Crippen molar-refractivity contribution in [2.75, 3.05) is 17.1 Å². The van der Waals surface area contributed by atoms with Crippen LogP contribution in [0.25, 0.3) is 0 Å². The maximum absolute atomic E-state index is 14.0. The van der Waals surface area contributed by atoms with Crippen LogP contribution in [0.1, 0.15) is 64.2 Å². The third kappa shape index (κ3) is 9.24. The zero-order chi connectivity index (χ0) is 34.3. The highest BCUT2D eigenvalue weighted by molar-refractivity contribution is 7.92. The molecule has 0 saturated heterocycles. The van der Waals surface area contributed by atoms with Gasteiger partial charge in [0.2, 0.25) is 10.0 Å². The van der Waals surface area contributed by atoms with E-state index in [1.165, 1.54) is 10.4 Å². The fraction of sp³-hybridized carbons (Fsp3) is 0.324. The number of sulfonamides is 1. The van der Waals surface area contributed by atoms with Crippen molar-refractivity contribution in [3.05, 3.63) is 131 Å². The van der Waals surface area contributed by atoms with Crippen LogP contribution in [0.15, 0.2) is 103 Å². The molecule has 0 aliphatic heterocycles. The lowest BCUT2D eigenvalue weighted by atomic mass is 9.94. The highest BCUT2D eigenvalue weighted by atomic mass is 32.2.